The summed E-state index contributed by atoms with van der Waals surface area (Å²) in [6.45, 7) is 1.83. The smallest absolute Gasteiger partial charge is 0.242 e. The molecule has 3 aromatic rings. The molecular weight excluding hydrogens is 376 g/mol. The number of thioether (sulfide) groups is 1. The fourth-order valence-corrected chi connectivity index (χ4v) is 4.47. The van der Waals surface area contributed by atoms with Crippen molar-refractivity contribution in [1.29, 1.82) is 0 Å². The van der Waals surface area contributed by atoms with Crippen molar-refractivity contribution in [3.63, 3.8) is 0 Å². The minimum atomic E-state index is -0.0382. The van der Waals surface area contributed by atoms with Crippen molar-refractivity contribution in [2.75, 3.05) is 10.7 Å². The lowest BCUT2D eigenvalue weighted by Gasteiger charge is -2.31. The average molecular weight is 389 g/mol. The van der Waals surface area contributed by atoms with Gasteiger partial charge >= 0.3 is 0 Å². The molecule has 4 rings (SSSR count). The summed E-state index contributed by atoms with van der Waals surface area (Å²) in [5, 5.41) is 8.02. The standard InChI is InChI=1S/C17H13ClN4OS2/c1-10-19-17(21-20-10)24-9-16(23)22-12-4-2-3-5-14(12)25-15-7-6-11(18)8-13(15)22/h2-8H,9H2,1H3,(H,19,20,21). The van der Waals surface area contributed by atoms with Crippen molar-refractivity contribution in [2.24, 2.45) is 0 Å². The molecule has 0 saturated heterocycles. The molecule has 0 saturated carbocycles. The molecule has 8 heteroatoms. The van der Waals surface area contributed by atoms with Crippen LogP contribution in [0.25, 0.3) is 0 Å². The van der Waals surface area contributed by atoms with Crippen LogP contribution in [0.15, 0.2) is 57.4 Å². The van der Waals surface area contributed by atoms with Gasteiger partial charge in [-0.1, -0.05) is 47.3 Å². The zero-order valence-electron chi connectivity index (χ0n) is 13.2. The van der Waals surface area contributed by atoms with E-state index in [4.69, 9.17) is 11.6 Å². The van der Waals surface area contributed by atoms with Crippen molar-refractivity contribution in [3.05, 3.63) is 53.3 Å². The summed E-state index contributed by atoms with van der Waals surface area (Å²) in [4.78, 5) is 21.0. The number of fused-ring (bicyclic) bond motifs is 2. The van der Waals surface area contributed by atoms with Crippen molar-refractivity contribution in [1.82, 2.24) is 15.2 Å². The molecule has 0 fully saturated rings. The van der Waals surface area contributed by atoms with Gasteiger partial charge in [0, 0.05) is 14.8 Å². The number of hydrogen-bond donors (Lipinski definition) is 1. The van der Waals surface area contributed by atoms with E-state index >= 15 is 0 Å². The van der Waals surface area contributed by atoms with E-state index in [2.05, 4.69) is 15.2 Å². The van der Waals surface area contributed by atoms with Crippen LogP contribution in [0, 0.1) is 6.92 Å². The van der Waals surface area contributed by atoms with Gasteiger partial charge in [0.15, 0.2) is 0 Å². The fourth-order valence-electron chi connectivity index (χ4n) is 2.57. The fraction of sp³-hybridized carbons (Fsp3) is 0.118. The monoisotopic (exact) mass is 388 g/mol. The van der Waals surface area contributed by atoms with E-state index in [9.17, 15) is 4.79 Å². The van der Waals surface area contributed by atoms with Crippen LogP contribution >= 0.6 is 35.1 Å². The number of anilines is 2. The molecule has 1 N–H and O–H groups in total. The zero-order chi connectivity index (χ0) is 17.4. The summed E-state index contributed by atoms with van der Waals surface area (Å²) in [6, 6.07) is 13.5. The van der Waals surface area contributed by atoms with Crippen molar-refractivity contribution in [3.8, 4) is 0 Å². The van der Waals surface area contributed by atoms with E-state index in [-0.39, 0.29) is 11.7 Å². The van der Waals surface area contributed by atoms with E-state index in [1.54, 1.807) is 16.7 Å². The van der Waals surface area contributed by atoms with Crippen LogP contribution in [0.2, 0.25) is 5.02 Å². The molecule has 25 heavy (non-hydrogen) atoms. The highest BCUT2D eigenvalue weighted by Gasteiger charge is 2.28. The first-order valence-corrected chi connectivity index (χ1v) is 9.71. The Balaban J connectivity index is 1.67. The summed E-state index contributed by atoms with van der Waals surface area (Å²) >= 11 is 9.13. The summed E-state index contributed by atoms with van der Waals surface area (Å²) in [6.07, 6.45) is 0. The molecule has 5 nitrogen and oxygen atoms in total. The number of amides is 1. The third-order valence-electron chi connectivity index (χ3n) is 3.64. The second-order valence-corrected chi connectivity index (χ2v) is 7.87. The third-order valence-corrected chi connectivity index (χ3v) is 5.84. The first-order chi connectivity index (χ1) is 12.1. The largest absolute Gasteiger partial charge is 0.278 e. The number of benzene rings is 2. The Hall–Kier alpha value is -1.96. The predicted octanol–water partition coefficient (Wildman–Crippen LogP) is 4.69. The van der Waals surface area contributed by atoms with Crippen LogP contribution in [-0.2, 0) is 4.79 Å². The van der Waals surface area contributed by atoms with Crippen LogP contribution in [0.5, 0.6) is 0 Å². The number of nitrogens with one attached hydrogen (secondary N) is 1. The lowest BCUT2D eigenvalue weighted by molar-refractivity contribution is -0.115. The Bertz CT molecular complexity index is 959. The average Bonchev–Trinajstić information content (AvgIpc) is 3.03. The maximum absolute atomic E-state index is 13.0. The molecular formula is C17H13ClN4OS2. The number of hydrogen-bond acceptors (Lipinski definition) is 5. The lowest BCUT2D eigenvalue weighted by atomic mass is 10.2. The number of aromatic nitrogens is 3. The molecule has 0 radical (unpaired) electrons. The molecule has 126 valence electrons. The molecule has 1 aromatic heterocycles. The van der Waals surface area contributed by atoms with Crippen LogP contribution in [0.4, 0.5) is 11.4 Å². The zero-order valence-corrected chi connectivity index (χ0v) is 15.6. The van der Waals surface area contributed by atoms with Gasteiger partial charge in [0.25, 0.3) is 0 Å². The highest BCUT2D eigenvalue weighted by atomic mass is 35.5. The van der Waals surface area contributed by atoms with E-state index < -0.39 is 0 Å². The Morgan fingerprint density at radius 2 is 2.04 bits per heavy atom. The molecule has 1 aliphatic heterocycles. The molecule has 2 heterocycles. The van der Waals surface area contributed by atoms with Crippen LogP contribution in [0.1, 0.15) is 5.82 Å². The van der Waals surface area contributed by atoms with E-state index in [1.807, 2.05) is 49.4 Å². The van der Waals surface area contributed by atoms with Gasteiger partial charge < -0.3 is 0 Å². The number of carbonyl (C=O) groups excluding carboxylic acids is 1. The highest BCUT2D eigenvalue weighted by molar-refractivity contribution is 8.00. The van der Waals surface area contributed by atoms with Gasteiger partial charge in [-0.2, -0.15) is 0 Å². The number of rotatable bonds is 3. The van der Waals surface area contributed by atoms with Gasteiger partial charge in [0.05, 0.1) is 17.1 Å². The molecule has 1 aliphatic rings. The van der Waals surface area contributed by atoms with Gasteiger partial charge in [0.2, 0.25) is 11.1 Å². The number of H-pyrrole nitrogens is 1. The number of aryl methyl sites for hydroxylation is 1. The van der Waals surface area contributed by atoms with E-state index in [1.165, 1.54) is 11.8 Å². The summed E-state index contributed by atoms with van der Waals surface area (Å²) in [5.41, 5.74) is 1.69. The summed E-state index contributed by atoms with van der Waals surface area (Å²) < 4.78 is 0. The lowest BCUT2D eigenvalue weighted by Crippen LogP contribution is -2.30. The number of carbonyl (C=O) groups is 1. The van der Waals surface area contributed by atoms with Crippen molar-refractivity contribution < 1.29 is 4.79 Å². The van der Waals surface area contributed by atoms with Gasteiger partial charge in [0.1, 0.15) is 5.82 Å². The normalized spacial score (nSPS) is 12.6. The second-order valence-electron chi connectivity index (χ2n) is 5.40. The molecule has 0 atom stereocenters. The predicted molar refractivity (Wildman–Crippen MR) is 101 cm³/mol. The molecule has 0 aliphatic carbocycles. The quantitative estimate of drug-likeness (QED) is 0.659. The number of aromatic amines is 1. The van der Waals surface area contributed by atoms with Gasteiger partial charge in [-0.25, -0.2) is 4.98 Å². The maximum Gasteiger partial charge on any atom is 0.242 e. The maximum atomic E-state index is 13.0. The topological polar surface area (TPSA) is 61.9 Å². The molecule has 1 amide bonds. The van der Waals surface area contributed by atoms with Crippen molar-refractivity contribution in [2.45, 2.75) is 21.9 Å². The van der Waals surface area contributed by atoms with Gasteiger partial charge in [-0.15, -0.1) is 5.10 Å². The summed E-state index contributed by atoms with van der Waals surface area (Å²) in [5.74, 6) is 0.929. The number of para-hydroxylation sites is 1. The van der Waals surface area contributed by atoms with Crippen LogP contribution in [-0.4, -0.2) is 26.8 Å². The Labute approximate surface area is 158 Å². The first-order valence-electron chi connectivity index (χ1n) is 7.53. The van der Waals surface area contributed by atoms with Gasteiger partial charge in [-0.3, -0.25) is 14.8 Å². The highest BCUT2D eigenvalue weighted by Crippen LogP contribution is 2.48. The summed E-state index contributed by atoms with van der Waals surface area (Å²) in [7, 11) is 0. The number of halogens is 1. The minimum Gasteiger partial charge on any atom is -0.278 e. The van der Waals surface area contributed by atoms with Crippen molar-refractivity contribution >= 4 is 52.4 Å². The van der Waals surface area contributed by atoms with Crippen LogP contribution in [0.3, 0.4) is 0 Å². The Morgan fingerprint density at radius 3 is 2.84 bits per heavy atom. The molecule has 0 bridgehead atoms. The third kappa shape index (κ3) is 3.27. The molecule has 2 aromatic carbocycles. The second kappa shape index (κ2) is 6.74. The van der Waals surface area contributed by atoms with Gasteiger partial charge in [-0.05, 0) is 37.3 Å². The van der Waals surface area contributed by atoms with Crippen LogP contribution < -0.4 is 4.90 Å². The Kier molecular flexibility index (Phi) is 4.45. The number of nitrogens with zero attached hydrogens (tertiary/aromatic N) is 3. The first kappa shape index (κ1) is 16.5. The Morgan fingerprint density at radius 1 is 1.24 bits per heavy atom. The SMILES string of the molecule is Cc1nc(SCC(=O)N2c3ccccc3Sc3ccc(Cl)cc32)n[nH]1. The van der Waals surface area contributed by atoms with E-state index in [0.717, 1.165) is 27.0 Å². The van der Waals surface area contributed by atoms with E-state index in [0.29, 0.717) is 10.2 Å². The molecule has 0 spiro atoms. The molecule has 0 unspecified atom stereocenters. The minimum absolute atomic E-state index is 0.0382.